The highest BCUT2D eigenvalue weighted by atomic mass is 32.2. The maximum Gasteiger partial charge on any atom is 0.118 e. The molecule has 1 aromatic rings. The molecular formula is C10H14OS. The van der Waals surface area contributed by atoms with Gasteiger partial charge in [0.15, 0.2) is 0 Å². The van der Waals surface area contributed by atoms with Crippen LogP contribution in [0.3, 0.4) is 0 Å². The number of rotatable bonds is 3. The van der Waals surface area contributed by atoms with Crippen LogP contribution in [-0.4, -0.2) is 11.4 Å². The van der Waals surface area contributed by atoms with Crippen molar-refractivity contribution in [2.24, 2.45) is 0 Å². The minimum Gasteiger partial charge on any atom is -0.508 e. The van der Waals surface area contributed by atoms with E-state index in [0.29, 0.717) is 5.75 Å². The van der Waals surface area contributed by atoms with Gasteiger partial charge < -0.3 is 5.11 Å². The van der Waals surface area contributed by atoms with Crippen LogP contribution in [0.5, 0.6) is 5.75 Å². The van der Waals surface area contributed by atoms with E-state index in [4.69, 9.17) is 0 Å². The topological polar surface area (TPSA) is 20.2 Å². The molecule has 0 fully saturated rings. The molecule has 0 spiro atoms. The molecule has 0 heterocycles. The molecule has 1 aromatic carbocycles. The minimum absolute atomic E-state index is 0.426. The highest BCUT2D eigenvalue weighted by Gasteiger charge is 2.00. The molecule has 66 valence electrons. The lowest BCUT2D eigenvalue weighted by Gasteiger charge is -2.04. The number of phenols is 1. The molecule has 0 unspecified atom stereocenters. The molecule has 0 radical (unpaired) electrons. The lowest BCUT2D eigenvalue weighted by atomic mass is 10.1. The maximum absolute atomic E-state index is 9.45. The summed E-state index contributed by atoms with van der Waals surface area (Å²) in [6, 6.07) is 5.78. The smallest absolute Gasteiger partial charge is 0.118 e. The second-order valence-electron chi connectivity index (χ2n) is 2.74. The number of benzene rings is 1. The zero-order valence-electron chi connectivity index (χ0n) is 7.50. The molecule has 0 atom stereocenters. The average molecular weight is 182 g/mol. The van der Waals surface area contributed by atoms with Gasteiger partial charge in [-0.2, -0.15) is 0 Å². The van der Waals surface area contributed by atoms with Crippen LogP contribution in [0.25, 0.3) is 0 Å². The molecule has 1 rings (SSSR count). The molecule has 1 N–H and O–H groups in total. The molecular weight excluding hydrogens is 168 g/mol. The van der Waals surface area contributed by atoms with Gasteiger partial charge in [0.05, 0.1) is 0 Å². The Kier molecular flexibility index (Phi) is 3.48. The van der Waals surface area contributed by atoms with Crippen LogP contribution < -0.4 is 0 Å². The summed E-state index contributed by atoms with van der Waals surface area (Å²) < 4.78 is 0. The molecule has 0 aliphatic rings. The average Bonchev–Trinajstić information content (AvgIpc) is 2.09. The number of aromatic hydroxyl groups is 1. The van der Waals surface area contributed by atoms with Crippen LogP contribution in [-0.2, 0) is 6.42 Å². The van der Waals surface area contributed by atoms with Gasteiger partial charge in [-0.3, -0.25) is 0 Å². The number of hydrogen-bond acceptors (Lipinski definition) is 2. The predicted molar refractivity (Wildman–Crippen MR) is 53.9 cm³/mol. The summed E-state index contributed by atoms with van der Waals surface area (Å²) in [6.45, 7) is 2.12. The Labute approximate surface area is 77.8 Å². The third-order valence-corrected chi connectivity index (χ3v) is 2.53. The summed E-state index contributed by atoms with van der Waals surface area (Å²) in [7, 11) is 0. The van der Waals surface area contributed by atoms with Crippen molar-refractivity contribution in [1.29, 1.82) is 0 Å². The first kappa shape index (κ1) is 9.46. The maximum atomic E-state index is 9.45. The largest absolute Gasteiger partial charge is 0.508 e. The second-order valence-corrected chi connectivity index (χ2v) is 3.62. The highest BCUT2D eigenvalue weighted by Crippen LogP contribution is 2.24. The first-order chi connectivity index (χ1) is 5.77. The van der Waals surface area contributed by atoms with Crippen molar-refractivity contribution in [3.63, 3.8) is 0 Å². The first-order valence-electron chi connectivity index (χ1n) is 4.13. The van der Waals surface area contributed by atoms with Gasteiger partial charge in [-0.25, -0.2) is 0 Å². The molecule has 0 aromatic heterocycles. The zero-order valence-corrected chi connectivity index (χ0v) is 8.32. The quantitative estimate of drug-likeness (QED) is 0.725. The predicted octanol–water partition coefficient (Wildman–Crippen LogP) is 3.07. The van der Waals surface area contributed by atoms with Gasteiger partial charge in [0, 0.05) is 4.90 Å². The molecule has 2 heteroatoms. The number of thioether (sulfide) groups is 1. The van der Waals surface area contributed by atoms with E-state index in [9.17, 15) is 5.11 Å². The fraction of sp³-hybridized carbons (Fsp3) is 0.400. The van der Waals surface area contributed by atoms with Crippen molar-refractivity contribution in [2.75, 3.05) is 6.26 Å². The van der Waals surface area contributed by atoms with E-state index in [1.807, 2.05) is 12.3 Å². The molecule has 0 amide bonds. The van der Waals surface area contributed by atoms with Crippen LogP contribution in [0, 0.1) is 0 Å². The Hall–Kier alpha value is -0.630. The van der Waals surface area contributed by atoms with E-state index in [1.54, 1.807) is 17.8 Å². The van der Waals surface area contributed by atoms with Crippen LogP contribution in [0.2, 0.25) is 0 Å². The molecule has 12 heavy (non-hydrogen) atoms. The van der Waals surface area contributed by atoms with Gasteiger partial charge in [-0.1, -0.05) is 13.3 Å². The molecule has 0 saturated heterocycles. The molecule has 0 aliphatic carbocycles. The van der Waals surface area contributed by atoms with Gasteiger partial charge in [0.1, 0.15) is 5.75 Å². The number of aryl methyl sites for hydroxylation is 1. The summed E-state index contributed by atoms with van der Waals surface area (Å²) in [5.41, 5.74) is 1.06. The lowest BCUT2D eigenvalue weighted by Crippen LogP contribution is -1.84. The Morgan fingerprint density at radius 3 is 2.75 bits per heavy atom. The normalized spacial score (nSPS) is 10.2. The summed E-state index contributed by atoms with van der Waals surface area (Å²) in [5, 5.41) is 9.45. The van der Waals surface area contributed by atoms with Crippen LogP contribution in [0.4, 0.5) is 0 Å². The molecule has 0 aliphatic heterocycles. The van der Waals surface area contributed by atoms with Gasteiger partial charge in [0.25, 0.3) is 0 Å². The van der Waals surface area contributed by atoms with E-state index >= 15 is 0 Å². The van der Waals surface area contributed by atoms with Crippen LogP contribution in [0.15, 0.2) is 23.1 Å². The van der Waals surface area contributed by atoms with Crippen molar-refractivity contribution >= 4 is 11.8 Å². The van der Waals surface area contributed by atoms with Gasteiger partial charge in [-0.15, -0.1) is 11.8 Å². The minimum atomic E-state index is 0.426. The number of hydrogen-bond donors (Lipinski definition) is 1. The summed E-state index contributed by atoms with van der Waals surface area (Å²) in [4.78, 5) is 1.22. The zero-order chi connectivity index (χ0) is 8.97. The first-order valence-corrected chi connectivity index (χ1v) is 5.36. The van der Waals surface area contributed by atoms with E-state index in [1.165, 1.54) is 4.90 Å². The van der Waals surface area contributed by atoms with E-state index in [-0.39, 0.29) is 0 Å². The van der Waals surface area contributed by atoms with Crippen molar-refractivity contribution in [2.45, 2.75) is 24.7 Å². The van der Waals surface area contributed by atoms with Crippen LogP contribution >= 0.6 is 11.8 Å². The summed E-state index contributed by atoms with van der Waals surface area (Å²) in [5.74, 6) is 0.426. The van der Waals surface area contributed by atoms with Crippen molar-refractivity contribution in [3.05, 3.63) is 23.8 Å². The van der Waals surface area contributed by atoms with Crippen molar-refractivity contribution in [1.82, 2.24) is 0 Å². The van der Waals surface area contributed by atoms with Crippen LogP contribution in [0.1, 0.15) is 18.9 Å². The van der Waals surface area contributed by atoms with Crippen molar-refractivity contribution in [3.8, 4) is 5.75 Å². The Balaban J connectivity index is 2.91. The van der Waals surface area contributed by atoms with Gasteiger partial charge in [0.2, 0.25) is 0 Å². The Morgan fingerprint density at radius 2 is 2.17 bits per heavy atom. The van der Waals surface area contributed by atoms with Gasteiger partial charge >= 0.3 is 0 Å². The fourth-order valence-electron chi connectivity index (χ4n) is 1.16. The van der Waals surface area contributed by atoms with E-state index < -0.39 is 0 Å². The van der Waals surface area contributed by atoms with E-state index in [2.05, 4.69) is 13.0 Å². The lowest BCUT2D eigenvalue weighted by molar-refractivity contribution is 0.467. The monoisotopic (exact) mass is 182 g/mol. The molecule has 1 nitrogen and oxygen atoms in total. The third kappa shape index (κ3) is 2.18. The fourth-order valence-corrected chi connectivity index (χ4v) is 1.62. The van der Waals surface area contributed by atoms with Crippen molar-refractivity contribution < 1.29 is 5.11 Å². The highest BCUT2D eigenvalue weighted by molar-refractivity contribution is 7.98. The summed E-state index contributed by atoms with van der Waals surface area (Å²) >= 11 is 1.71. The SMILES string of the molecule is CCCc1cc(SC)ccc1O. The third-order valence-electron chi connectivity index (χ3n) is 1.81. The number of phenolic OH excluding ortho intramolecular Hbond substituents is 1. The Bertz CT molecular complexity index is 258. The Morgan fingerprint density at radius 1 is 1.42 bits per heavy atom. The molecule has 0 bridgehead atoms. The van der Waals surface area contributed by atoms with Gasteiger partial charge in [-0.05, 0) is 36.4 Å². The standard InChI is InChI=1S/C10H14OS/c1-3-4-8-7-9(12-2)5-6-10(8)11/h5-7,11H,3-4H2,1-2H3. The second kappa shape index (κ2) is 4.41. The summed E-state index contributed by atoms with van der Waals surface area (Å²) in [6.07, 6.45) is 4.08. The van der Waals surface area contributed by atoms with E-state index in [0.717, 1.165) is 18.4 Å². The molecule has 0 saturated carbocycles.